The third-order valence-corrected chi connectivity index (χ3v) is 4.59. The van der Waals surface area contributed by atoms with E-state index in [1.54, 1.807) is 18.7 Å². The summed E-state index contributed by atoms with van der Waals surface area (Å²) in [4.78, 5) is 13.4. The van der Waals surface area contributed by atoms with E-state index in [1.165, 1.54) is 5.56 Å². The highest BCUT2D eigenvalue weighted by molar-refractivity contribution is 9.10. The number of hydrogen-bond donors (Lipinski definition) is 1. The van der Waals surface area contributed by atoms with Gasteiger partial charge in [0.15, 0.2) is 5.82 Å². The van der Waals surface area contributed by atoms with Gasteiger partial charge >= 0.3 is 0 Å². The summed E-state index contributed by atoms with van der Waals surface area (Å²) in [5.41, 5.74) is 3.13. The number of aromatic nitrogens is 4. The van der Waals surface area contributed by atoms with Crippen LogP contribution in [0.3, 0.4) is 0 Å². The molecule has 4 rings (SSSR count). The predicted molar refractivity (Wildman–Crippen MR) is 103 cm³/mol. The highest BCUT2D eigenvalue weighted by atomic mass is 79.9. The molecule has 0 spiro atoms. The topological polar surface area (TPSA) is 55.6 Å². The van der Waals surface area contributed by atoms with Crippen LogP contribution in [-0.4, -0.2) is 19.5 Å². The normalized spacial score (nSPS) is 12.2. The molecule has 0 amide bonds. The van der Waals surface area contributed by atoms with Gasteiger partial charge in [-0.05, 0) is 36.8 Å². The van der Waals surface area contributed by atoms with Crippen molar-refractivity contribution < 1.29 is 0 Å². The molecule has 0 saturated heterocycles. The van der Waals surface area contributed by atoms with Crippen LogP contribution < -0.4 is 5.32 Å². The minimum absolute atomic E-state index is 0.122. The van der Waals surface area contributed by atoms with Gasteiger partial charge in [-0.25, -0.2) is 9.97 Å². The van der Waals surface area contributed by atoms with Crippen molar-refractivity contribution in [2.24, 2.45) is 0 Å². The van der Waals surface area contributed by atoms with Gasteiger partial charge in [0.05, 0.1) is 23.4 Å². The van der Waals surface area contributed by atoms with Gasteiger partial charge in [0, 0.05) is 10.5 Å². The molecule has 5 nitrogen and oxygen atoms in total. The van der Waals surface area contributed by atoms with Crippen LogP contribution in [0.15, 0.2) is 71.7 Å². The molecule has 25 heavy (non-hydrogen) atoms. The van der Waals surface area contributed by atoms with Gasteiger partial charge in [-0.3, -0.25) is 9.55 Å². The maximum absolute atomic E-state index is 4.69. The molecule has 2 aromatic heterocycles. The average molecular weight is 394 g/mol. The fraction of sp³-hybridized carbons (Fsp3) is 0.105. The largest absolute Gasteiger partial charge is 0.362 e. The maximum atomic E-state index is 4.69. The summed E-state index contributed by atoms with van der Waals surface area (Å²) in [5.74, 6) is 1.47. The van der Waals surface area contributed by atoms with Gasteiger partial charge in [0.2, 0.25) is 0 Å². The first-order valence-corrected chi connectivity index (χ1v) is 8.76. The summed E-state index contributed by atoms with van der Waals surface area (Å²) in [6, 6.07) is 16.3. The monoisotopic (exact) mass is 393 g/mol. The first-order valence-electron chi connectivity index (χ1n) is 7.97. The van der Waals surface area contributed by atoms with Crippen molar-refractivity contribution in [3.63, 3.8) is 0 Å². The lowest BCUT2D eigenvalue weighted by Gasteiger charge is -2.15. The Morgan fingerprint density at radius 2 is 1.84 bits per heavy atom. The molecule has 6 heteroatoms. The molecule has 0 saturated carbocycles. The number of rotatable bonds is 4. The Hall–Kier alpha value is -2.73. The molecule has 0 aliphatic carbocycles. The van der Waals surface area contributed by atoms with Crippen LogP contribution in [0.5, 0.6) is 0 Å². The van der Waals surface area contributed by atoms with Crippen LogP contribution in [-0.2, 0) is 0 Å². The fourth-order valence-electron chi connectivity index (χ4n) is 2.74. The zero-order valence-corrected chi connectivity index (χ0v) is 15.2. The van der Waals surface area contributed by atoms with Crippen molar-refractivity contribution in [1.82, 2.24) is 19.5 Å². The lowest BCUT2D eigenvalue weighted by atomic mass is 10.1. The Labute approximate surface area is 153 Å². The summed E-state index contributed by atoms with van der Waals surface area (Å²) >= 11 is 3.46. The van der Waals surface area contributed by atoms with E-state index in [9.17, 15) is 0 Å². The van der Waals surface area contributed by atoms with E-state index in [4.69, 9.17) is 0 Å². The van der Waals surface area contributed by atoms with Crippen LogP contribution >= 0.6 is 15.9 Å². The van der Waals surface area contributed by atoms with Gasteiger partial charge < -0.3 is 5.32 Å². The molecule has 0 aliphatic heterocycles. The smallest absolute Gasteiger partial charge is 0.159 e. The molecule has 0 fully saturated rings. The number of nitrogens with zero attached hydrogens (tertiary/aromatic N) is 4. The number of benzene rings is 2. The number of halogens is 1. The second-order valence-electron chi connectivity index (χ2n) is 5.78. The van der Waals surface area contributed by atoms with Crippen LogP contribution in [0.2, 0.25) is 0 Å². The molecule has 0 unspecified atom stereocenters. The zero-order valence-electron chi connectivity index (χ0n) is 13.6. The van der Waals surface area contributed by atoms with E-state index >= 15 is 0 Å². The number of anilines is 1. The van der Waals surface area contributed by atoms with E-state index in [1.807, 2.05) is 41.0 Å². The number of nitrogens with one attached hydrogen (secondary N) is 1. The SMILES string of the molecule is C[C@H](Nc1cncc(-n2cnc3ccccc32)n1)c1ccc(Br)cc1. The van der Waals surface area contributed by atoms with Gasteiger partial charge in [-0.2, -0.15) is 0 Å². The van der Waals surface area contributed by atoms with Crippen LogP contribution in [0, 0.1) is 0 Å². The van der Waals surface area contributed by atoms with Crippen LogP contribution in [0.1, 0.15) is 18.5 Å². The molecule has 1 atom stereocenters. The van der Waals surface area contributed by atoms with Gasteiger partial charge in [-0.1, -0.05) is 40.2 Å². The summed E-state index contributed by atoms with van der Waals surface area (Å²) in [5, 5.41) is 3.41. The van der Waals surface area contributed by atoms with Crippen molar-refractivity contribution in [1.29, 1.82) is 0 Å². The molecule has 2 heterocycles. The zero-order chi connectivity index (χ0) is 17.2. The number of para-hydroxylation sites is 2. The summed E-state index contributed by atoms with van der Waals surface area (Å²) in [7, 11) is 0. The fourth-order valence-corrected chi connectivity index (χ4v) is 3.00. The van der Waals surface area contributed by atoms with Crippen molar-refractivity contribution >= 4 is 32.8 Å². The number of imidazole rings is 1. The van der Waals surface area contributed by atoms with E-state index < -0.39 is 0 Å². The van der Waals surface area contributed by atoms with E-state index in [-0.39, 0.29) is 6.04 Å². The second-order valence-corrected chi connectivity index (χ2v) is 6.70. The Morgan fingerprint density at radius 3 is 2.68 bits per heavy atom. The third-order valence-electron chi connectivity index (χ3n) is 4.06. The summed E-state index contributed by atoms with van der Waals surface area (Å²) in [6.07, 6.45) is 5.25. The quantitative estimate of drug-likeness (QED) is 0.543. The molecule has 0 radical (unpaired) electrons. The highest BCUT2D eigenvalue weighted by Gasteiger charge is 2.09. The predicted octanol–water partition coefficient (Wildman–Crippen LogP) is 4.75. The minimum Gasteiger partial charge on any atom is -0.362 e. The van der Waals surface area contributed by atoms with Gasteiger partial charge in [0.1, 0.15) is 12.1 Å². The number of fused-ring (bicyclic) bond motifs is 1. The van der Waals surface area contributed by atoms with E-state index in [0.29, 0.717) is 0 Å². The van der Waals surface area contributed by atoms with Crippen molar-refractivity contribution in [2.45, 2.75) is 13.0 Å². The molecule has 0 bridgehead atoms. The lowest BCUT2D eigenvalue weighted by Crippen LogP contribution is -2.09. The van der Waals surface area contributed by atoms with Gasteiger partial charge in [0.25, 0.3) is 0 Å². The third kappa shape index (κ3) is 3.25. The molecule has 124 valence electrons. The molecule has 2 aromatic carbocycles. The Morgan fingerprint density at radius 1 is 1.04 bits per heavy atom. The first kappa shape index (κ1) is 15.8. The lowest BCUT2D eigenvalue weighted by molar-refractivity contribution is 0.865. The van der Waals surface area contributed by atoms with Crippen molar-refractivity contribution in [2.75, 3.05) is 5.32 Å². The molecule has 4 aromatic rings. The van der Waals surface area contributed by atoms with Gasteiger partial charge in [-0.15, -0.1) is 0 Å². The average Bonchev–Trinajstić information content (AvgIpc) is 3.06. The molecular formula is C19H16BrN5. The summed E-state index contributed by atoms with van der Waals surface area (Å²) < 4.78 is 3.01. The van der Waals surface area contributed by atoms with E-state index in [2.05, 4.69) is 55.3 Å². The molecular weight excluding hydrogens is 378 g/mol. The molecule has 0 aliphatic rings. The second kappa shape index (κ2) is 6.64. The van der Waals surface area contributed by atoms with Crippen molar-refractivity contribution in [3.05, 3.63) is 77.3 Å². The minimum atomic E-state index is 0.122. The maximum Gasteiger partial charge on any atom is 0.159 e. The Balaban J connectivity index is 1.62. The Bertz CT molecular complexity index is 1010. The molecule has 1 N–H and O–H groups in total. The van der Waals surface area contributed by atoms with Crippen LogP contribution in [0.25, 0.3) is 16.9 Å². The standard InChI is InChI=1S/C19H16BrN5/c1-13(14-6-8-15(20)9-7-14)23-18-10-21-11-19(24-18)25-12-22-16-4-2-3-5-17(16)25/h2-13H,1H3,(H,23,24)/t13-/m0/s1. The highest BCUT2D eigenvalue weighted by Crippen LogP contribution is 2.21. The summed E-state index contributed by atoms with van der Waals surface area (Å²) in [6.45, 7) is 2.10. The first-order chi connectivity index (χ1) is 12.2. The van der Waals surface area contributed by atoms with E-state index in [0.717, 1.165) is 27.1 Å². The number of hydrogen-bond acceptors (Lipinski definition) is 4. The Kier molecular flexibility index (Phi) is 4.19. The van der Waals surface area contributed by atoms with Crippen LogP contribution in [0.4, 0.5) is 5.82 Å². The van der Waals surface area contributed by atoms with Crippen molar-refractivity contribution in [3.8, 4) is 5.82 Å².